The predicted molar refractivity (Wildman–Crippen MR) is 123 cm³/mol. The molecule has 0 aliphatic carbocycles. The minimum atomic E-state index is -3.59. The van der Waals surface area contributed by atoms with Crippen LogP contribution in [0.15, 0.2) is 82.8 Å². The maximum atomic E-state index is 12.7. The molecule has 0 unspecified atom stereocenters. The van der Waals surface area contributed by atoms with E-state index in [1.54, 1.807) is 54.7 Å². The Morgan fingerprint density at radius 3 is 2.29 bits per heavy atom. The van der Waals surface area contributed by atoms with Crippen LogP contribution in [0.2, 0.25) is 0 Å². The third kappa shape index (κ3) is 5.87. The lowest BCUT2D eigenvalue weighted by atomic mass is 10.1. The van der Waals surface area contributed by atoms with Crippen LogP contribution in [-0.2, 0) is 16.6 Å². The van der Waals surface area contributed by atoms with Gasteiger partial charge in [0.2, 0.25) is 10.0 Å². The summed E-state index contributed by atoms with van der Waals surface area (Å²) in [7, 11) is -2.05. The monoisotopic (exact) mass is 435 g/mol. The molecule has 3 aromatic rings. The zero-order valence-corrected chi connectivity index (χ0v) is 18.6. The van der Waals surface area contributed by atoms with Crippen LogP contribution in [0.25, 0.3) is 0 Å². The van der Waals surface area contributed by atoms with Crippen LogP contribution in [0.4, 0.5) is 0 Å². The lowest BCUT2D eigenvalue weighted by Gasteiger charge is -2.17. The highest BCUT2D eigenvalue weighted by Gasteiger charge is 2.20. The molecule has 0 radical (unpaired) electrons. The van der Waals surface area contributed by atoms with Crippen molar-refractivity contribution in [2.75, 3.05) is 7.05 Å². The van der Waals surface area contributed by atoms with Crippen molar-refractivity contribution in [2.24, 2.45) is 5.10 Å². The van der Waals surface area contributed by atoms with E-state index in [0.29, 0.717) is 5.56 Å². The van der Waals surface area contributed by atoms with Gasteiger partial charge in [0.25, 0.3) is 5.91 Å². The van der Waals surface area contributed by atoms with E-state index in [4.69, 9.17) is 0 Å². The third-order valence-electron chi connectivity index (χ3n) is 4.77. The van der Waals surface area contributed by atoms with Crippen molar-refractivity contribution in [3.63, 3.8) is 0 Å². The Morgan fingerprint density at radius 2 is 1.65 bits per heavy atom. The highest BCUT2D eigenvalue weighted by Crippen LogP contribution is 2.17. The normalized spacial score (nSPS) is 11.7. The van der Waals surface area contributed by atoms with Crippen LogP contribution in [0, 0.1) is 13.8 Å². The first-order chi connectivity index (χ1) is 14.8. The maximum Gasteiger partial charge on any atom is 0.271 e. The Hall–Kier alpha value is -3.29. The number of hydrogen-bond donors (Lipinski definition) is 1. The van der Waals surface area contributed by atoms with Crippen LogP contribution < -0.4 is 5.43 Å². The van der Waals surface area contributed by atoms with Crippen LogP contribution >= 0.6 is 0 Å². The van der Waals surface area contributed by atoms with E-state index in [2.05, 4.69) is 10.5 Å². The molecule has 160 valence electrons. The fraction of sp³-hybridized carbons (Fsp3) is 0.167. The van der Waals surface area contributed by atoms with Crippen molar-refractivity contribution in [2.45, 2.75) is 25.3 Å². The maximum absolute atomic E-state index is 12.7. The summed E-state index contributed by atoms with van der Waals surface area (Å²) in [6.45, 7) is 4.09. The number of benzene rings is 3. The SMILES string of the molecule is Cc1ccc(S(=O)(=O)N(C)Cc2ccc(C(=O)NN=Cc3cccc(C)c3)cc2)cc1. The fourth-order valence-electron chi connectivity index (χ4n) is 2.97. The van der Waals surface area contributed by atoms with E-state index < -0.39 is 10.0 Å². The van der Waals surface area contributed by atoms with Crippen LogP contribution in [0.1, 0.15) is 32.6 Å². The Bertz CT molecular complexity index is 1190. The standard InChI is InChI=1S/C24H25N3O3S/c1-18-7-13-23(14-8-18)31(29,30)27(3)17-20-9-11-22(12-10-20)24(28)26-25-16-21-6-4-5-19(2)15-21/h4-16H,17H2,1-3H3,(H,26,28). The van der Waals surface area contributed by atoms with Gasteiger partial charge < -0.3 is 0 Å². The largest absolute Gasteiger partial charge is 0.271 e. The highest BCUT2D eigenvalue weighted by molar-refractivity contribution is 7.89. The molecule has 0 heterocycles. The Kier molecular flexibility index (Phi) is 6.99. The van der Waals surface area contributed by atoms with Gasteiger partial charge in [-0.15, -0.1) is 0 Å². The molecule has 0 aliphatic rings. The van der Waals surface area contributed by atoms with E-state index in [1.807, 2.05) is 38.1 Å². The average Bonchev–Trinajstić information content (AvgIpc) is 2.74. The van der Waals surface area contributed by atoms with Crippen molar-refractivity contribution in [1.29, 1.82) is 0 Å². The Labute approximate surface area is 183 Å². The number of sulfonamides is 1. The van der Waals surface area contributed by atoms with Crippen molar-refractivity contribution < 1.29 is 13.2 Å². The van der Waals surface area contributed by atoms with E-state index in [-0.39, 0.29) is 17.3 Å². The molecule has 0 aromatic heterocycles. The number of carbonyl (C=O) groups excluding carboxylic acids is 1. The summed E-state index contributed by atoms with van der Waals surface area (Å²) < 4.78 is 26.7. The number of nitrogens with zero attached hydrogens (tertiary/aromatic N) is 2. The first-order valence-corrected chi connectivity index (χ1v) is 11.2. The molecule has 3 rings (SSSR count). The van der Waals surface area contributed by atoms with Crippen molar-refractivity contribution in [3.8, 4) is 0 Å². The first kappa shape index (κ1) is 22.4. The van der Waals surface area contributed by atoms with Gasteiger partial charge in [0.05, 0.1) is 11.1 Å². The lowest BCUT2D eigenvalue weighted by molar-refractivity contribution is 0.0955. The summed E-state index contributed by atoms with van der Waals surface area (Å²) in [5.74, 6) is -0.337. The van der Waals surface area contributed by atoms with Crippen molar-refractivity contribution in [1.82, 2.24) is 9.73 Å². The summed E-state index contributed by atoms with van der Waals surface area (Å²) in [5, 5.41) is 3.99. The van der Waals surface area contributed by atoms with Crippen molar-refractivity contribution >= 4 is 22.1 Å². The molecule has 0 saturated heterocycles. The van der Waals surface area contributed by atoms with Gasteiger partial charge in [-0.25, -0.2) is 13.8 Å². The van der Waals surface area contributed by atoms with Crippen molar-refractivity contribution in [3.05, 3.63) is 101 Å². The van der Waals surface area contributed by atoms with Gasteiger partial charge in [-0.3, -0.25) is 4.79 Å². The molecule has 1 amide bonds. The number of hydrogen-bond acceptors (Lipinski definition) is 4. The quantitative estimate of drug-likeness (QED) is 0.452. The minimum absolute atomic E-state index is 0.198. The molecule has 6 nitrogen and oxygen atoms in total. The number of rotatable bonds is 7. The number of amides is 1. The summed E-state index contributed by atoms with van der Waals surface area (Å²) in [6, 6.07) is 21.3. The van der Waals surface area contributed by atoms with Crippen LogP contribution in [0.3, 0.4) is 0 Å². The summed E-state index contributed by atoms with van der Waals surface area (Å²) >= 11 is 0. The van der Waals surface area contributed by atoms with Gasteiger partial charge in [-0.1, -0.05) is 59.7 Å². The number of carbonyl (C=O) groups is 1. The zero-order valence-electron chi connectivity index (χ0n) is 17.7. The van der Waals surface area contributed by atoms with Gasteiger partial charge in [0.15, 0.2) is 0 Å². The first-order valence-electron chi connectivity index (χ1n) is 9.78. The molecule has 7 heteroatoms. The smallest absolute Gasteiger partial charge is 0.267 e. The van der Waals surface area contributed by atoms with Gasteiger partial charge in [-0.05, 0) is 49.2 Å². The highest BCUT2D eigenvalue weighted by atomic mass is 32.2. The zero-order chi connectivity index (χ0) is 22.4. The molecule has 31 heavy (non-hydrogen) atoms. The molecule has 1 N–H and O–H groups in total. The molecule has 3 aromatic carbocycles. The van der Waals surface area contributed by atoms with E-state index in [9.17, 15) is 13.2 Å². The second-order valence-corrected chi connectivity index (χ2v) is 9.43. The predicted octanol–water partition coefficient (Wildman–Crippen LogP) is 3.89. The van der Waals surface area contributed by atoms with E-state index in [0.717, 1.165) is 22.3 Å². The molecular weight excluding hydrogens is 410 g/mol. The van der Waals surface area contributed by atoms with E-state index in [1.165, 1.54) is 11.4 Å². The molecule has 0 bridgehead atoms. The second-order valence-electron chi connectivity index (χ2n) is 7.38. The number of aryl methyl sites for hydroxylation is 2. The Morgan fingerprint density at radius 1 is 0.968 bits per heavy atom. The number of hydrazone groups is 1. The van der Waals surface area contributed by atoms with Gasteiger partial charge in [-0.2, -0.15) is 9.41 Å². The molecule has 0 saturated carbocycles. The van der Waals surface area contributed by atoms with E-state index >= 15 is 0 Å². The average molecular weight is 436 g/mol. The molecular formula is C24H25N3O3S. The van der Waals surface area contributed by atoms with Crippen LogP contribution in [-0.4, -0.2) is 31.9 Å². The number of nitrogens with one attached hydrogen (secondary N) is 1. The third-order valence-corrected chi connectivity index (χ3v) is 6.59. The lowest BCUT2D eigenvalue weighted by Crippen LogP contribution is -2.26. The van der Waals surface area contributed by atoms with Gasteiger partial charge in [0, 0.05) is 19.2 Å². The minimum Gasteiger partial charge on any atom is -0.267 e. The van der Waals surface area contributed by atoms with Gasteiger partial charge in [0.1, 0.15) is 0 Å². The topological polar surface area (TPSA) is 78.8 Å². The molecule has 0 atom stereocenters. The second kappa shape index (κ2) is 9.68. The molecule has 0 fully saturated rings. The molecule has 0 aliphatic heterocycles. The summed E-state index contributed by atoms with van der Waals surface area (Å²) in [4.78, 5) is 12.5. The fourth-order valence-corrected chi connectivity index (χ4v) is 4.13. The summed E-state index contributed by atoms with van der Waals surface area (Å²) in [5.41, 5.74) is 6.72. The molecule has 0 spiro atoms. The summed E-state index contributed by atoms with van der Waals surface area (Å²) in [6.07, 6.45) is 1.59. The Balaban J connectivity index is 1.61. The van der Waals surface area contributed by atoms with Gasteiger partial charge >= 0.3 is 0 Å². The van der Waals surface area contributed by atoms with Crippen LogP contribution in [0.5, 0.6) is 0 Å².